The minimum absolute atomic E-state index is 0.0878. The van der Waals surface area contributed by atoms with Crippen LogP contribution in [0.1, 0.15) is 19.3 Å². The molecule has 1 aliphatic rings. The Bertz CT molecular complexity index is 201. The molecule has 1 heterocycles. The molecule has 2 N–H and O–H groups in total. The molecule has 1 amide bonds. The van der Waals surface area contributed by atoms with Crippen LogP contribution in [0.4, 0.5) is 0 Å². The van der Waals surface area contributed by atoms with Gasteiger partial charge in [-0.1, -0.05) is 5.92 Å². The van der Waals surface area contributed by atoms with E-state index in [1.165, 1.54) is 0 Å². The normalized spacial score (nSPS) is 17.8. The highest BCUT2D eigenvalue weighted by atomic mass is 16.1. The number of carbonyl (C=O) groups excluding carboxylic acids is 1. The summed E-state index contributed by atoms with van der Waals surface area (Å²) in [5.74, 6) is 3.02. The summed E-state index contributed by atoms with van der Waals surface area (Å²) >= 11 is 0. The van der Waals surface area contributed by atoms with Gasteiger partial charge in [-0.3, -0.25) is 4.79 Å². The number of nitrogens with one attached hydrogen (secondary N) is 2. The van der Waals surface area contributed by atoms with Gasteiger partial charge in [0.2, 0.25) is 5.91 Å². The number of hydrogen-bond acceptors (Lipinski definition) is 2. The fraction of sp³-hybridized carbons (Fsp3) is 0.700. The molecule has 3 heteroatoms. The smallest absolute Gasteiger partial charge is 0.221 e. The largest absolute Gasteiger partial charge is 0.345 e. The first-order valence-corrected chi connectivity index (χ1v) is 4.74. The summed E-state index contributed by atoms with van der Waals surface area (Å²) in [6, 6.07) is 0. The summed E-state index contributed by atoms with van der Waals surface area (Å²) in [5, 5.41) is 5.95. The Balaban J connectivity index is 2.15. The molecular formula is C10H16N2O. The van der Waals surface area contributed by atoms with Gasteiger partial charge in [-0.2, -0.15) is 0 Å². The van der Waals surface area contributed by atoms with Gasteiger partial charge in [-0.05, 0) is 31.8 Å². The zero-order valence-corrected chi connectivity index (χ0v) is 7.81. The zero-order valence-electron chi connectivity index (χ0n) is 7.81. The standard InChI is InChI=1S/C10H16N2O/c1-2-5-12-10(13)8-9-3-6-11-7-4-9/h1,9,11H,3-8H2,(H,12,13). The van der Waals surface area contributed by atoms with E-state index in [0.29, 0.717) is 18.9 Å². The second kappa shape index (κ2) is 5.60. The Labute approximate surface area is 79.3 Å². The molecule has 0 aromatic carbocycles. The van der Waals surface area contributed by atoms with Crippen LogP contribution in [0.25, 0.3) is 0 Å². The summed E-state index contributed by atoms with van der Waals surface area (Å²) in [6.45, 7) is 2.42. The average Bonchev–Trinajstić information content (AvgIpc) is 2.16. The van der Waals surface area contributed by atoms with E-state index in [2.05, 4.69) is 16.6 Å². The number of piperidine rings is 1. The van der Waals surface area contributed by atoms with E-state index in [4.69, 9.17) is 6.42 Å². The summed E-state index contributed by atoms with van der Waals surface area (Å²) in [5.41, 5.74) is 0. The fourth-order valence-electron chi connectivity index (χ4n) is 1.57. The van der Waals surface area contributed by atoms with Gasteiger partial charge in [0, 0.05) is 6.42 Å². The van der Waals surface area contributed by atoms with Gasteiger partial charge < -0.3 is 10.6 Å². The highest BCUT2D eigenvalue weighted by Crippen LogP contribution is 2.15. The van der Waals surface area contributed by atoms with Crippen molar-refractivity contribution in [3.63, 3.8) is 0 Å². The third-order valence-corrected chi connectivity index (χ3v) is 2.32. The molecule has 0 aromatic heterocycles. The van der Waals surface area contributed by atoms with Crippen LogP contribution in [0.15, 0.2) is 0 Å². The van der Waals surface area contributed by atoms with Crippen molar-refractivity contribution in [2.45, 2.75) is 19.3 Å². The molecule has 0 saturated carbocycles. The minimum Gasteiger partial charge on any atom is -0.345 e. The molecule has 1 fully saturated rings. The maximum Gasteiger partial charge on any atom is 0.221 e. The van der Waals surface area contributed by atoms with Gasteiger partial charge in [0.1, 0.15) is 0 Å². The quantitative estimate of drug-likeness (QED) is 0.606. The highest BCUT2D eigenvalue weighted by Gasteiger charge is 2.15. The van der Waals surface area contributed by atoms with Gasteiger partial charge in [-0.15, -0.1) is 6.42 Å². The first kappa shape index (κ1) is 10.1. The summed E-state index contributed by atoms with van der Waals surface area (Å²) in [7, 11) is 0. The van der Waals surface area contributed by atoms with E-state index in [1.807, 2.05) is 0 Å². The van der Waals surface area contributed by atoms with E-state index < -0.39 is 0 Å². The third-order valence-electron chi connectivity index (χ3n) is 2.32. The molecule has 0 atom stereocenters. The van der Waals surface area contributed by atoms with Crippen LogP contribution < -0.4 is 10.6 Å². The van der Waals surface area contributed by atoms with Crippen molar-refractivity contribution in [3.05, 3.63) is 0 Å². The van der Waals surface area contributed by atoms with Gasteiger partial charge in [0.15, 0.2) is 0 Å². The molecule has 1 rings (SSSR count). The Morgan fingerprint density at radius 3 is 2.85 bits per heavy atom. The van der Waals surface area contributed by atoms with Crippen molar-refractivity contribution in [1.82, 2.24) is 10.6 Å². The first-order chi connectivity index (χ1) is 6.33. The summed E-state index contributed by atoms with van der Waals surface area (Å²) < 4.78 is 0. The molecule has 0 aromatic rings. The SMILES string of the molecule is C#CCNC(=O)CC1CCNCC1. The molecule has 0 unspecified atom stereocenters. The Morgan fingerprint density at radius 2 is 2.23 bits per heavy atom. The van der Waals surface area contributed by atoms with E-state index in [9.17, 15) is 4.79 Å². The molecular weight excluding hydrogens is 164 g/mol. The monoisotopic (exact) mass is 180 g/mol. The molecule has 0 bridgehead atoms. The van der Waals surface area contributed by atoms with Crippen LogP contribution in [0, 0.1) is 18.3 Å². The zero-order chi connectivity index (χ0) is 9.52. The molecule has 1 saturated heterocycles. The second-order valence-corrected chi connectivity index (χ2v) is 3.38. The van der Waals surface area contributed by atoms with Crippen LogP contribution in [-0.2, 0) is 4.79 Å². The Hall–Kier alpha value is -1.01. The second-order valence-electron chi connectivity index (χ2n) is 3.38. The van der Waals surface area contributed by atoms with Crippen molar-refractivity contribution < 1.29 is 4.79 Å². The number of hydrogen-bond donors (Lipinski definition) is 2. The number of amides is 1. The summed E-state index contributed by atoms with van der Waals surface area (Å²) in [4.78, 5) is 11.2. The van der Waals surface area contributed by atoms with Crippen LogP contribution in [-0.4, -0.2) is 25.5 Å². The molecule has 3 nitrogen and oxygen atoms in total. The highest BCUT2D eigenvalue weighted by molar-refractivity contribution is 5.76. The topological polar surface area (TPSA) is 41.1 Å². The van der Waals surface area contributed by atoms with Gasteiger partial charge in [0.25, 0.3) is 0 Å². The number of carbonyl (C=O) groups is 1. The van der Waals surface area contributed by atoms with E-state index >= 15 is 0 Å². The lowest BCUT2D eigenvalue weighted by Crippen LogP contribution is -2.32. The van der Waals surface area contributed by atoms with Crippen LogP contribution >= 0.6 is 0 Å². The fourth-order valence-corrected chi connectivity index (χ4v) is 1.57. The molecule has 1 aliphatic heterocycles. The van der Waals surface area contributed by atoms with Crippen molar-refractivity contribution in [1.29, 1.82) is 0 Å². The average molecular weight is 180 g/mol. The Kier molecular flexibility index (Phi) is 4.34. The van der Waals surface area contributed by atoms with E-state index in [0.717, 1.165) is 25.9 Å². The Morgan fingerprint density at radius 1 is 1.54 bits per heavy atom. The maximum absolute atomic E-state index is 11.2. The lowest BCUT2D eigenvalue weighted by molar-refractivity contribution is -0.121. The predicted octanol–water partition coefficient (Wildman–Crippen LogP) is 0.125. The lowest BCUT2D eigenvalue weighted by Gasteiger charge is -2.21. The molecule has 0 spiro atoms. The van der Waals surface area contributed by atoms with Crippen LogP contribution in [0.2, 0.25) is 0 Å². The lowest BCUT2D eigenvalue weighted by atomic mass is 9.94. The first-order valence-electron chi connectivity index (χ1n) is 4.74. The summed E-state index contributed by atoms with van der Waals surface area (Å²) in [6.07, 6.45) is 7.86. The van der Waals surface area contributed by atoms with Crippen molar-refractivity contribution in [3.8, 4) is 12.3 Å². The molecule has 0 radical (unpaired) electrons. The molecule has 13 heavy (non-hydrogen) atoms. The van der Waals surface area contributed by atoms with Crippen LogP contribution in [0.3, 0.4) is 0 Å². The van der Waals surface area contributed by atoms with Crippen molar-refractivity contribution >= 4 is 5.91 Å². The van der Waals surface area contributed by atoms with Gasteiger partial charge in [-0.25, -0.2) is 0 Å². The number of rotatable bonds is 3. The van der Waals surface area contributed by atoms with Crippen molar-refractivity contribution in [2.75, 3.05) is 19.6 Å². The third kappa shape index (κ3) is 3.95. The van der Waals surface area contributed by atoms with Crippen LogP contribution in [0.5, 0.6) is 0 Å². The molecule has 72 valence electrons. The van der Waals surface area contributed by atoms with E-state index in [-0.39, 0.29) is 5.91 Å². The minimum atomic E-state index is 0.0878. The molecule has 0 aliphatic carbocycles. The van der Waals surface area contributed by atoms with E-state index in [1.54, 1.807) is 0 Å². The number of terminal acetylenes is 1. The maximum atomic E-state index is 11.2. The van der Waals surface area contributed by atoms with Gasteiger partial charge in [0.05, 0.1) is 6.54 Å². The van der Waals surface area contributed by atoms with Crippen molar-refractivity contribution in [2.24, 2.45) is 5.92 Å². The van der Waals surface area contributed by atoms with Gasteiger partial charge >= 0.3 is 0 Å². The predicted molar refractivity (Wildman–Crippen MR) is 52.1 cm³/mol.